The Morgan fingerprint density at radius 3 is 2.34 bits per heavy atom. The molecule has 0 aliphatic heterocycles. The maximum Gasteiger partial charge on any atom is 0.280 e. The number of nitrogens with zero attached hydrogens (tertiary/aromatic N) is 2. The summed E-state index contributed by atoms with van der Waals surface area (Å²) < 4.78 is 11.3. The highest BCUT2D eigenvalue weighted by molar-refractivity contribution is 5.84. The van der Waals surface area contributed by atoms with Crippen LogP contribution in [0.5, 0.6) is 11.5 Å². The van der Waals surface area contributed by atoms with Crippen LogP contribution in [0.15, 0.2) is 53.6 Å². The topological polar surface area (TPSA) is 63.2 Å². The summed E-state index contributed by atoms with van der Waals surface area (Å²) in [7, 11) is 3.97. The van der Waals surface area contributed by atoms with Crippen molar-refractivity contribution in [2.45, 2.75) is 39.2 Å². The van der Waals surface area contributed by atoms with E-state index in [-0.39, 0.29) is 5.91 Å². The molecule has 0 aliphatic rings. The van der Waals surface area contributed by atoms with Gasteiger partial charge in [0.15, 0.2) is 6.10 Å². The molecule has 6 nitrogen and oxygen atoms in total. The van der Waals surface area contributed by atoms with Gasteiger partial charge in [0.1, 0.15) is 11.5 Å². The summed E-state index contributed by atoms with van der Waals surface area (Å²) in [5, 5.41) is 4.00. The van der Waals surface area contributed by atoms with Crippen LogP contribution < -0.4 is 19.8 Å². The van der Waals surface area contributed by atoms with Crippen LogP contribution in [0.3, 0.4) is 0 Å². The highest BCUT2D eigenvalue weighted by Gasteiger charge is 2.13. The van der Waals surface area contributed by atoms with Gasteiger partial charge in [-0.2, -0.15) is 5.10 Å². The van der Waals surface area contributed by atoms with E-state index in [1.807, 2.05) is 55.4 Å². The van der Waals surface area contributed by atoms with E-state index in [0.717, 1.165) is 29.8 Å². The molecule has 0 heterocycles. The summed E-state index contributed by atoms with van der Waals surface area (Å²) in [5.74, 6) is 1.10. The molecule has 0 bridgehead atoms. The third kappa shape index (κ3) is 7.86. The van der Waals surface area contributed by atoms with Crippen molar-refractivity contribution in [3.63, 3.8) is 0 Å². The number of anilines is 1. The minimum absolute atomic E-state index is 0.314. The molecule has 2 aromatic rings. The predicted octanol–water partition coefficient (Wildman–Crippen LogP) is 4.24. The number of ether oxygens (including phenoxy) is 2. The fourth-order valence-corrected chi connectivity index (χ4v) is 2.53. The number of hydrazone groups is 1. The van der Waals surface area contributed by atoms with E-state index in [1.54, 1.807) is 25.3 Å². The number of unbranched alkanes of at least 4 members (excludes halogenated alkanes) is 2. The van der Waals surface area contributed by atoms with Crippen LogP contribution in [0.2, 0.25) is 0 Å². The molecule has 0 saturated carbocycles. The Hall–Kier alpha value is -3.02. The van der Waals surface area contributed by atoms with Crippen molar-refractivity contribution < 1.29 is 14.3 Å². The van der Waals surface area contributed by atoms with Crippen molar-refractivity contribution in [2.75, 3.05) is 25.6 Å². The van der Waals surface area contributed by atoms with Gasteiger partial charge in [0.2, 0.25) is 0 Å². The van der Waals surface area contributed by atoms with Crippen LogP contribution in [0.1, 0.15) is 38.7 Å². The molecule has 0 spiro atoms. The Morgan fingerprint density at radius 1 is 1.07 bits per heavy atom. The smallest absolute Gasteiger partial charge is 0.280 e. The third-order valence-electron chi connectivity index (χ3n) is 4.32. The molecule has 1 amide bonds. The van der Waals surface area contributed by atoms with Gasteiger partial charge < -0.3 is 14.4 Å². The number of carbonyl (C=O) groups is 1. The quantitative estimate of drug-likeness (QED) is 0.350. The summed E-state index contributed by atoms with van der Waals surface area (Å²) in [6.45, 7) is 4.56. The molecular formula is C23H31N3O3. The standard InChI is InChI=1S/C23H31N3O3/c1-5-6-7-16-28-21-12-14-22(15-13-21)29-18(2)23(27)25-24-17-19-8-10-20(11-9-19)26(3)4/h8-15,17-18H,5-7,16H2,1-4H3,(H,25,27). The van der Waals surface area contributed by atoms with Crippen molar-refractivity contribution in [1.29, 1.82) is 0 Å². The van der Waals surface area contributed by atoms with Crippen molar-refractivity contribution in [2.24, 2.45) is 5.10 Å². The average Bonchev–Trinajstić information content (AvgIpc) is 2.72. The van der Waals surface area contributed by atoms with Crippen molar-refractivity contribution in [1.82, 2.24) is 5.43 Å². The molecule has 2 rings (SSSR count). The first-order valence-electron chi connectivity index (χ1n) is 9.99. The number of hydrogen-bond acceptors (Lipinski definition) is 5. The van der Waals surface area contributed by atoms with Crippen LogP contribution in [-0.2, 0) is 4.79 Å². The lowest BCUT2D eigenvalue weighted by molar-refractivity contribution is -0.127. The lowest BCUT2D eigenvalue weighted by Crippen LogP contribution is -2.33. The Bertz CT molecular complexity index is 771. The number of benzene rings is 2. The summed E-state index contributed by atoms with van der Waals surface area (Å²) >= 11 is 0. The first-order chi connectivity index (χ1) is 14.0. The van der Waals surface area contributed by atoms with Crippen LogP contribution in [0.4, 0.5) is 5.69 Å². The van der Waals surface area contributed by atoms with Gasteiger partial charge in [-0.05, 0) is 55.3 Å². The molecule has 0 saturated heterocycles. The summed E-state index contributed by atoms with van der Waals surface area (Å²) in [5.41, 5.74) is 4.51. The Morgan fingerprint density at radius 2 is 1.72 bits per heavy atom. The van der Waals surface area contributed by atoms with Gasteiger partial charge in [0.25, 0.3) is 5.91 Å². The number of rotatable bonds is 11. The highest BCUT2D eigenvalue weighted by atomic mass is 16.5. The zero-order valence-corrected chi connectivity index (χ0v) is 17.7. The molecule has 0 aliphatic carbocycles. The fourth-order valence-electron chi connectivity index (χ4n) is 2.53. The van der Waals surface area contributed by atoms with Gasteiger partial charge in [-0.1, -0.05) is 31.9 Å². The van der Waals surface area contributed by atoms with Gasteiger partial charge in [-0.15, -0.1) is 0 Å². The predicted molar refractivity (Wildman–Crippen MR) is 118 cm³/mol. The van der Waals surface area contributed by atoms with Gasteiger partial charge in [-0.25, -0.2) is 5.43 Å². The Kier molecular flexibility index (Phi) is 9.02. The number of nitrogens with one attached hydrogen (secondary N) is 1. The molecule has 29 heavy (non-hydrogen) atoms. The van der Waals surface area contributed by atoms with Crippen LogP contribution in [-0.4, -0.2) is 38.9 Å². The second kappa shape index (κ2) is 11.7. The highest BCUT2D eigenvalue weighted by Crippen LogP contribution is 2.19. The Balaban J connectivity index is 1.78. The van der Waals surface area contributed by atoms with Crippen LogP contribution >= 0.6 is 0 Å². The van der Waals surface area contributed by atoms with E-state index < -0.39 is 6.10 Å². The minimum atomic E-state index is -0.667. The number of hydrogen-bond donors (Lipinski definition) is 1. The van der Waals surface area contributed by atoms with Gasteiger partial charge >= 0.3 is 0 Å². The molecule has 156 valence electrons. The van der Waals surface area contributed by atoms with E-state index in [2.05, 4.69) is 17.5 Å². The van der Waals surface area contributed by atoms with Gasteiger partial charge in [-0.3, -0.25) is 4.79 Å². The molecule has 6 heteroatoms. The molecule has 2 aromatic carbocycles. The largest absolute Gasteiger partial charge is 0.494 e. The molecule has 1 unspecified atom stereocenters. The van der Waals surface area contributed by atoms with Crippen molar-refractivity contribution in [3.8, 4) is 11.5 Å². The van der Waals surface area contributed by atoms with E-state index in [4.69, 9.17) is 9.47 Å². The van der Waals surface area contributed by atoms with E-state index in [9.17, 15) is 4.79 Å². The zero-order valence-electron chi connectivity index (χ0n) is 17.7. The molecule has 1 N–H and O–H groups in total. The third-order valence-corrected chi connectivity index (χ3v) is 4.32. The normalized spacial score (nSPS) is 11.9. The maximum absolute atomic E-state index is 12.2. The lowest BCUT2D eigenvalue weighted by atomic mass is 10.2. The molecule has 0 aromatic heterocycles. The monoisotopic (exact) mass is 397 g/mol. The van der Waals surface area contributed by atoms with Crippen LogP contribution in [0, 0.1) is 0 Å². The first-order valence-corrected chi connectivity index (χ1v) is 9.99. The minimum Gasteiger partial charge on any atom is -0.494 e. The maximum atomic E-state index is 12.2. The Labute approximate surface area is 173 Å². The summed E-state index contributed by atoms with van der Waals surface area (Å²) in [4.78, 5) is 14.2. The number of carbonyl (C=O) groups excluding carboxylic acids is 1. The van der Waals surface area contributed by atoms with Gasteiger partial charge in [0.05, 0.1) is 12.8 Å². The second-order valence-electron chi connectivity index (χ2n) is 7.01. The molecule has 1 atom stereocenters. The molecule has 0 fully saturated rings. The zero-order chi connectivity index (χ0) is 21.1. The number of amides is 1. The molecule has 0 radical (unpaired) electrons. The van der Waals surface area contributed by atoms with E-state index >= 15 is 0 Å². The fraction of sp³-hybridized carbons (Fsp3) is 0.391. The SMILES string of the molecule is CCCCCOc1ccc(OC(C)C(=O)NN=Cc2ccc(N(C)C)cc2)cc1. The first kappa shape index (κ1) is 22.3. The van der Waals surface area contributed by atoms with Gasteiger partial charge in [0, 0.05) is 19.8 Å². The summed E-state index contributed by atoms with van der Waals surface area (Å²) in [6.07, 6.45) is 4.32. The van der Waals surface area contributed by atoms with Crippen LogP contribution in [0.25, 0.3) is 0 Å². The molecular weight excluding hydrogens is 366 g/mol. The van der Waals surface area contributed by atoms with Crippen molar-refractivity contribution in [3.05, 3.63) is 54.1 Å². The van der Waals surface area contributed by atoms with E-state index in [0.29, 0.717) is 12.4 Å². The second-order valence-corrected chi connectivity index (χ2v) is 7.01. The summed E-state index contributed by atoms with van der Waals surface area (Å²) in [6, 6.07) is 15.2. The van der Waals surface area contributed by atoms with E-state index in [1.165, 1.54) is 6.42 Å². The van der Waals surface area contributed by atoms with Crippen molar-refractivity contribution >= 4 is 17.8 Å². The lowest BCUT2D eigenvalue weighted by Gasteiger charge is -2.13. The average molecular weight is 398 g/mol.